The predicted octanol–water partition coefficient (Wildman–Crippen LogP) is 4.56. The maximum absolute atomic E-state index is 14.2. The Morgan fingerprint density at radius 3 is 2.53 bits per heavy atom. The van der Waals surface area contributed by atoms with E-state index in [1.165, 1.54) is 6.07 Å². The van der Waals surface area contributed by atoms with Gasteiger partial charge in [0.2, 0.25) is 12.5 Å². The van der Waals surface area contributed by atoms with Gasteiger partial charge in [0, 0.05) is 12.0 Å². The van der Waals surface area contributed by atoms with Gasteiger partial charge in [0.05, 0.1) is 18.6 Å². The number of aryl methyl sites for hydroxylation is 1. The number of aliphatic hydroxyl groups is 2. The molecule has 32 heavy (non-hydrogen) atoms. The van der Waals surface area contributed by atoms with Gasteiger partial charge in [-0.3, -0.25) is 4.79 Å². The Kier molecular flexibility index (Phi) is 7.21. The van der Waals surface area contributed by atoms with E-state index >= 15 is 0 Å². The smallest absolute Gasteiger partial charge is 0.305 e. The van der Waals surface area contributed by atoms with Crippen molar-refractivity contribution >= 4 is 12.0 Å². The number of benzene rings is 2. The Morgan fingerprint density at radius 1 is 1.19 bits per heavy atom. The number of halogens is 1. The maximum Gasteiger partial charge on any atom is 0.305 e. The van der Waals surface area contributed by atoms with E-state index in [0.717, 1.165) is 27.8 Å². The Morgan fingerprint density at radius 2 is 1.88 bits per heavy atom. The number of carboxylic acids is 1. The topological polar surface area (TPSA) is 96.2 Å². The summed E-state index contributed by atoms with van der Waals surface area (Å²) >= 11 is 0. The van der Waals surface area contributed by atoms with Crippen LogP contribution in [-0.4, -0.2) is 40.3 Å². The number of aliphatic hydroxyl groups excluding tert-OH is 2. The van der Waals surface area contributed by atoms with Gasteiger partial charge >= 0.3 is 5.97 Å². The van der Waals surface area contributed by atoms with Gasteiger partial charge in [-0.2, -0.15) is 0 Å². The number of carboxylic acid groups (broad SMARTS) is 1. The first kappa shape index (κ1) is 23.8. The lowest BCUT2D eigenvalue weighted by Crippen LogP contribution is -2.19. The molecule has 6 nitrogen and oxygen atoms in total. The van der Waals surface area contributed by atoms with Crippen molar-refractivity contribution in [1.29, 1.82) is 0 Å². The molecule has 2 aromatic rings. The third-order valence-corrected chi connectivity index (χ3v) is 5.69. The van der Waals surface area contributed by atoms with Crippen LogP contribution in [0.25, 0.3) is 17.2 Å². The van der Waals surface area contributed by atoms with Gasteiger partial charge in [0.15, 0.2) is 11.6 Å². The monoisotopic (exact) mass is 444 g/mol. The number of hydrogen-bond donors (Lipinski definition) is 3. The van der Waals surface area contributed by atoms with Gasteiger partial charge < -0.3 is 24.8 Å². The summed E-state index contributed by atoms with van der Waals surface area (Å²) in [6.07, 6.45) is 0.616. The summed E-state index contributed by atoms with van der Waals surface area (Å²) in [5.74, 6) is -1.02. The van der Waals surface area contributed by atoms with Crippen molar-refractivity contribution in [3.8, 4) is 22.6 Å². The number of ether oxygens (including phenoxy) is 2. The molecule has 1 heterocycles. The van der Waals surface area contributed by atoms with Crippen molar-refractivity contribution in [2.24, 2.45) is 0 Å². The summed E-state index contributed by atoms with van der Waals surface area (Å²) in [5.41, 5.74) is 5.48. The van der Waals surface area contributed by atoms with Crippen molar-refractivity contribution in [1.82, 2.24) is 0 Å². The molecule has 172 valence electrons. The van der Waals surface area contributed by atoms with Crippen LogP contribution in [0.2, 0.25) is 0 Å². The van der Waals surface area contributed by atoms with E-state index in [-0.39, 0.29) is 24.9 Å². The van der Waals surface area contributed by atoms with E-state index in [0.29, 0.717) is 11.3 Å². The average Bonchev–Trinajstić information content (AvgIpc) is 3.19. The molecule has 2 atom stereocenters. The van der Waals surface area contributed by atoms with Crippen LogP contribution in [-0.2, 0) is 4.79 Å². The van der Waals surface area contributed by atoms with Crippen LogP contribution in [0, 0.1) is 19.7 Å². The van der Waals surface area contributed by atoms with E-state index in [4.69, 9.17) is 14.6 Å². The number of carbonyl (C=O) groups is 1. The molecule has 2 unspecified atom stereocenters. The molecule has 0 saturated heterocycles. The molecule has 0 saturated carbocycles. The van der Waals surface area contributed by atoms with E-state index in [9.17, 15) is 19.4 Å². The van der Waals surface area contributed by atoms with Gasteiger partial charge in [-0.1, -0.05) is 32.1 Å². The van der Waals surface area contributed by atoms with Crippen molar-refractivity contribution in [2.75, 3.05) is 6.79 Å². The first-order chi connectivity index (χ1) is 15.1. The molecule has 0 bridgehead atoms. The van der Waals surface area contributed by atoms with Gasteiger partial charge in [-0.25, -0.2) is 4.39 Å². The second-order valence-electron chi connectivity index (χ2n) is 8.42. The zero-order valence-corrected chi connectivity index (χ0v) is 18.7. The van der Waals surface area contributed by atoms with Crippen molar-refractivity contribution in [3.05, 3.63) is 52.3 Å². The minimum atomic E-state index is -1.15. The third-order valence-electron chi connectivity index (χ3n) is 5.69. The van der Waals surface area contributed by atoms with Crippen molar-refractivity contribution < 1.29 is 34.0 Å². The first-order valence-electron chi connectivity index (χ1n) is 10.6. The summed E-state index contributed by atoms with van der Waals surface area (Å²) in [7, 11) is 0. The van der Waals surface area contributed by atoms with Crippen LogP contribution >= 0.6 is 0 Å². The van der Waals surface area contributed by atoms with Crippen LogP contribution in [0.4, 0.5) is 4.39 Å². The normalized spacial score (nSPS) is 14.9. The van der Waals surface area contributed by atoms with Gasteiger partial charge in [0.25, 0.3) is 0 Å². The average molecular weight is 444 g/mol. The molecule has 0 fully saturated rings. The fraction of sp³-hybridized carbons (Fsp3) is 0.400. The van der Waals surface area contributed by atoms with Crippen LogP contribution < -0.4 is 9.47 Å². The minimum Gasteiger partial charge on any atom is -0.481 e. The van der Waals surface area contributed by atoms with E-state index in [1.807, 2.05) is 13.8 Å². The fourth-order valence-corrected chi connectivity index (χ4v) is 3.98. The van der Waals surface area contributed by atoms with Crippen LogP contribution in [0.1, 0.15) is 54.9 Å². The summed E-state index contributed by atoms with van der Waals surface area (Å²) in [5, 5.41) is 29.0. The number of aliphatic carboxylic acids is 1. The summed E-state index contributed by atoms with van der Waals surface area (Å²) in [4.78, 5) is 10.8. The summed E-state index contributed by atoms with van der Waals surface area (Å²) < 4.78 is 25.2. The largest absolute Gasteiger partial charge is 0.481 e. The van der Waals surface area contributed by atoms with E-state index < -0.39 is 30.4 Å². The molecular weight excluding hydrogens is 415 g/mol. The van der Waals surface area contributed by atoms with Crippen LogP contribution in [0.15, 0.2) is 24.3 Å². The molecular formula is C25H29FO6. The first-order valence-corrected chi connectivity index (χ1v) is 10.6. The van der Waals surface area contributed by atoms with Crippen molar-refractivity contribution in [3.63, 3.8) is 0 Å². The zero-order chi connectivity index (χ0) is 23.6. The summed E-state index contributed by atoms with van der Waals surface area (Å²) in [6.45, 7) is 8.05. The second-order valence-corrected chi connectivity index (χ2v) is 8.42. The number of hydrogen-bond acceptors (Lipinski definition) is 5. The molecule has 0 amide bonds. The highest BCUT2D eigenvalue weighted by molar-refractivity contribution is 5.86. The molecule has 1 aliphatic heterocycles. The molecule has 3 rings (SSSR count). The predicted molar refractivity (Wildman–Crippen MR) is 119 cm³/mol. The molecule has 2 aromatic carbocycles. The lowest BCUT2D eigenvalue weighted by atomic mass is 9.84. The summed E-state index contributed by atoms with van der Waals surface area (Å²) in [6, 6.07) is 5.11. The molecule has 0 spiro atoms. The Hall–Kier alpha value is -2.90. The molecule has 3 N–H and O–H groups in total. The highest BCUT2D eigenvalue weighted by atomic mass is 19.1. The molecule has 0 aromatic heterocycles. The Labute approximate surface area is 186 Å². The highest BCUT2D eigenvalue weighted by Crippen LogP contribution is 2.47. The molecule has 1 aliphatic rings. The van der Waals surface area contributed by atoms with E-state index in [2.05, 4.69) is 19.9 Å². The molecule has 7 heteroatoms. The fourth-order valence-electron chi connectivity index (χ4n) is 3.98. The highest BCUT2D eigenvalue weighted by Gasteiger charge is 2.26. The molecule has 0 aliphatic carbocycles. The van der Waals surface area contributed by atoms with E-state index in [1.54, 1.807) is 18.2 Å². The van der Waals surface area contributed by atoms with Crippen LogP contribution in [0.5, 0.6) is 11.5 Å². The lowest BCUT2D eigenvalue weighted by molar-refractivity contribution is -0.139. The second kappa shape index (κ2) is 9.71. The SMILES string of the molecule is Cc1cc(C(C)C)c(C=CC(O)CC(O)CC(=O)O)c(-c2ccc(F)c3c2OCO3)c1C. The molecule has 0 radical (unpaired) electrons. The zero-order valence-electron chi connectivity index (χ0n) is 18.7. The standard InChI is InChI=1S/C25H29FO6/c1-13(2)20-9-14(3)15(4)23(19-7-8-21(26)25-24(19)31-12-32-25)18(20)6-5-16(27)10-17(28)11-22(29)30/h5-9,13,16-17,27-28H,10-12H2,1-4H3,(H,29,30). The Balaban J connectivity index is 2.11. The minimum absolute atomic E-state index is 0.0590. The van der Waals surface area contributed by atoms with Crippen molar-refractivity contribution in [2.45, 2.75) is 58.7 Å². The Bertz CT molecular complexity index is 1040. The van der Waals surface area contributed by atoms with Crippen LogP contribution in [0.3, 0.4) is 0 Å². The number of rotatable bonds is 8. The van der Waals surface area contributed by atoms with Gasteiger partial charge in [-0.05, 0) is 59.7 Å². The van der Waals surface area contributed by atoms with Gasteiger partial charge in [-0.15, -0.1) is 0 Å². The number of fused-ring (bicyclic) bond motifs is 1. The maximum atomic E-state index is 14.2. The quantitative estimate of drug-likeness (QED) is 0.552. The lowest BCUT2D eigenvalue weighted by Gasteiger charge is -2.21. The van der Waals surface area contributed by atoms with Gasteiger partial charge in [0.1, 0.15) is 0 Å². The third kappa shape index (κ3) is 4.95.